The molecule has 0 saturated heterocycles. The quantitative estimate of drug-likeness (QED) is 0.858. The lowest BCUT2D eigenvalue weighted by atomic mass is 10.1. The van der Waals surface area contributed by atoms with Crippen LogP contribution < -0.4 is 5.32 Å². The fraction of sp³-hybridized carbons (Fsp3) is 0.188. The lowest BCUT2D eigenvalue weighted by Crippen LogP contribution is -2.30. The number of aliphatic carboxylic acids is 1. The molecule has 2 aromatic carbocycles. The van der Waals surface area contributed by atoms with Crippen LogP contribution in [0.25, 0.3) is 0 Å². The molecule has 0 heterocycles. The fourth-order valence-electron chi connectivity index (χ4n) is 2.01. The molecule has 2 N–H and O–H groups in total. The summed E-state index contributed by atoms with van der Waals surface area (Å²) < 4.78 is 0. The van der Waals surface area contributed by atoms with Crippen molar-refractivity contribution in [3.05, 3.63) is 70.7 Å². The molecule has 0 aliphatic heterocycles. The Balaban J connectivity index is 1.96. The SMILES string of the molecule is O=C(O)C(NCCc1ccccc1)c1ccc(Cl)cc1. The first-order valence-corrected chi connectivity index (χ1v) is 6.80. The van der Waals surface area contributed by atoms with Crippen molar-refractivity contribution in [1.29, 1.82) is 0 Å². The van der Waals surface area contributed by atoms with E-state index in [2.05, 4.69) is 5.32 Å². The first-order chi connectivity index (χ1) is 9.66. The van der Waals surface area contributed by atoms with Crippen molar-refractivity contribution in [1.82, 2.24) is 5.32 Å². The van der Waals surface area contributed by atoms with Gasteiger partial charge in [-0.05, 0) is 29.7 Å². The van der Waals surface area contributed by atoms with Gasteiger partial charge in [-0.1, -0.05) is 54.1 Å². The maximum atomic E-state index is 11.3. The molecule has 3 nitrogen and oxygen atoms in total. The van der Waals surface area contributed by atoms with E-state index in [9.17, 15) is 9.90 Å². The molecule has 20 heavy (non-hydrogen) atoms. The predicted molar refractivity (Wildman–Crippen MR) is 80.0 cm³/mol. The van der Waals surface area contributed by atoms with Crippen molar-refractivity contribution in [2.45, 2.75) is 12.5 Å². The molecule has 0 aliphatic rings. The summed E-state index contributed by atoms with van der Waals surface area (Å²) in [6, 6.07) is 16.1. The number of carboxylic acid groups (broad SMARTS) is 1. The predicted octanol–water partition coefficient (Wildman–Crippen LogP) is 3.30. The van der Waals surface area contributed by atoms with Gasteiger partial charge < -0.3 is 10.4 Å². The third-order valence-corrected chi connectivity index (χ3v) is 3.31. The first-order valence-electron chi connectivity index (χ1n) is 6.42. The second-order valence-electron chi connectivity index (χ2n) is 4.51. The molecule has 0 fully saturated rings. The summed E-state index contributed by atoms with van der Waals surface area (Å²) in [6.07, 6.45) is 0.790. The summed E-state index contributed by atoms with van der Waals surface area (Å²) in [5.41, 5.74) is 1.88. The number of nitrogens with one attached hydrogen (secondary N) is 1. The average molecular weight is 290 g/mol. The van der Waals surface area contributed by atoms with Gasteiger partial charge in [0.2, 0.25) is 0 Å². The molecule has 104 valence electrons. The van der Waals surface area contributed by atoms with Crippen LogP contribution in [0.5, 0.6) is 0 Å². The zero-order valence-corrected chi connectivity index (χ0v) is 11.7. The number of carboxylic acids is 1. The van der Waals surface area contributed by atoms with E-state index in [1.807, 2.05) is 30.3 Å². The van der Waals surface area contributed by atoms with Crippen LogP contribution in [-0.2, 0) is 11.2 Å². The Morgan fingerprint density at radius 2 is 1.75 bits per heavy atom. The van der Waals surface area contributed by atoms with E-state index in [-0.39, 0.29) is 0 Å². The van der Waals surface area contributed by atoms with Gasteiger partial charge in [-0.25, -0.2) is 0 Å². The van der Waals surface area contributed by atoms with Gasteiger partial charge in [0.25, 0.3) is 0 Å². The molecular weight excluding hydrogens is 274 g/mol. The number of halogens is 1. The molecule has 0 aliphatic carbocycles. The van der Waals surface area contributed by atoms with Crippen LogP contribution in [0.15, 0.2) is 54.6 Å². The molecule has 0 spiro atoms. The smallest absolute Gasteiger partial charge is 0.325 e. The van der Waals surface area contributed by atoms with E-state index < -0.39 is 12.0 Å². The molecular formula is C16H16ClNO2. The van der Waals surface area contributed by atoms with Gasteiger partial charge in [0, 0.05) is 11.6 Å². The minimum atomic E-state index is -0.889. The average Bonchev–Trinajstić information content (AvgIpc) is 2.46. The van der Waals surface area contributed by atoms with Crippen molar-refractivity contribution in [2.24, 2.45) is 0 Å². The summed E-state index contributed by atoms with van der Waals surface area (Å²) in [4.78, 5) is 11.3. The molecule has 1 unspecified atom stereocenters. The van der Waals surface area contributed by atoms with E-state index in [1.165, 1.54) is 5.56 Å². The second kappa shape index (κ2) is 7.08. The van der Waals surface area contributed by atoms with Gasteiger partial charge in [0.1, 0.15) is 6.04 Å². The second-order valence-corrected chi connectivity index (χ2v) is 4.95. The number of rotatable bonds is 6. The van der Waals surface area contributed by atoms with Crippen LogP contribution in [0.3, 0.4) is 0 Å². The van der Waals surface area contributed by atoms with Crippen molar-refractivity contribution < 1.29 is 9.90 Å². The van der Waals surface area contributed by atoms with Gasteiger partial charge in [-0.3, -0.25) is 4.79 Å². The molecule has 2 aromatic rings. The highest BCUT2D eigenvalue weighted by Gasteiger charge is 2.18. The van der Waals surface area contributed by atoms with Crippen LogP contribution in [0, 0.1) is 0 Å². The van der Waals surface area contributed by atoms with Gasteiger partial charge >= 0.3 is 5.97 Å². The third-order valence-electron chi connectivity index (χ3n) is 3.06. The Kier molecular flexibility index (Phi) is 5.16. The molecule has 0 amide bonds. The number of hydrogen-bond donors (Lipinski definition) is 2. The van der Waals surface area contributed by atoms with E-state index in [0.717, 1.165) is 6.42 Å². The third kappa shape index (κ3) is 4.08. The molecule has 0 radical (unpaired) electrons. The summed E-state index contributed by atoms with van der Waals surface area (Å²) in [6.45, 7) is 0.601. The Labute approximate surface area is 123 Å². The Morgan fingerprint density at radius 3 is 2.35 bits per heavy atom. The molecule has 0 aromatic heterocycles. The van der Waals surface area contributed by atoms with Gasteiger partial charge in [-0.2, -0.15) is 0 Å². The fourth-order valence-corrected chi connectivity index (χ4v) is 2.13. The van der Waals surface area contributed by atoms with Gasteiger partial charge in [0.05, 0.1) is 0 Å². The van der Waals surface area contributed by atoms with E-state index >= 15 is 0 Å². The highest BCUT2D eigenvalue weighted by Crippen LogP contribution is 2.17. The van der Waals surface area contributed by atoms with E-state index in [0.29, 0.717) is 17.1 Å². The van der Waals surface area contributed by atoms with Crippen LogP contribution in [0.4, 0.5) is 0 Å². The maximum absolute atomic E-state index is 11.3. The van der Waals surface area contributed by atoms with Crippen LogP contribution in [0.1, 0.15) is 17.2 Å². The van der Waals surface area contributed by atoms with Gasteiger partial charge in [-0.15, -0.1) is 0 Å². The van der Waals surface area contributed by atoms with Crippen LogP contribution in [-0.4, -0.2) is 17.6 Å². The highest BCUT2D eigenvalue weighted by molar-refractivity contribution is 6.30. The summed E-state index contributed by atoms with van der Waals surface area (Å²) >= 11 is 5.81. The van der Waals surface area contributed by atoms with Crippen molar-refractivity contribution in [2.75, 3.05) is 6.54 Å². The Morgan fingerprint density at radius 1 is 1.10 bits per heavy atom. The first kappa shape index (κ1) is 14.6. The van der Waals surface area contributed by atoms with E-state index in [4.69, 9.17) is 11.6 Å². The standard InChI is InChI=1S/C16H16ClNO2/c17-14-8-6-13(7-9-14)15(16(19)20)18-11-10-12-4-2-1-3-5-12/h1-9,15,18H,10-11H2,(H,19,20). The molecule has 2 rings (SSSR count). The summed E-state index contributed by atoms with van der Waals surface area (Å²) in [5.74, 6) is -0.889. The summed E-state index contributed by atoms with van der Waals surface area (Å²) in [7, 11) is 0. The molecule has 0 saturated carbocycles. The van der Waals surface area contributed by atoms with Crippen LogP contribution >= 0.6 is 11.6 Å². The molecule has 4 heteroatoms. The van der Waals surface area contributed by atoms with Crippen LogP contribution in [0.2, 0.25) is 5.02 Å². The zero-order chi connectivity index (χ0) is 14.4. The maximum Gasteiger partial charge on any atom is 0.325 e. The molecule has 0 bridgehead atoms. The van der Waals surface area contributed by atoms with Crippen molar-refractivity contribution in [3.8, 4) is 0 Å². The number of carbonyl (C=O) groups is 1. The van der Waals surface area contributed by atoms with Gasteiger partial charge in [0.15, 0.2) is 0 Å². The Hall–Kier alpha value is -1.84. The zero-order valence-electron chi connectivity index (χ0n) is 10.9. The topological polar surface area (TPSA) is 49.3 Å². The lowest BCUT2D eigenvalue weighted by molar-refractivity contribution is -0.139. The number of benzene rings is 2. The molecule has 1 atom stereocenters. The minimum absolute atomic E-state index is 0.599. The van der Waals surface area contributed by atoms with E-state index in [1.54, 1.807) is 24.3 Å². The summed E-state index contributed by atoms with van der Waals surface area (Å²) in [5, 5.41) is 13.0. The normalized spacial score (nSPS) is 12.1. The van der Waals surface area contributed by atoms with Crippen molar-refractivity contribution >= 4 is 17.6 Å². The monoisotopic (exact) mass is 289 g/mol. The lowest BCUT2D eigenvalue weighted by Gasteiger charge is -2.15. The highest BCUT2D eigenvalue weighted by atomic mass is 35.5. The Bertz CT molecular complexity index is 554. The van der Waals surface area contributed by atoms with Crippen molar-refractivity contribution in [3.63, 3.8) is 0 Å². The minimum Gasteiger partial charge on any atom is -0.480 e. The number of hydrogen-bond acceptors (Lipinski definition) is 2. The largest absolute Gasteiger partial charge is 0.480 e.